The van der Waals surface area contributed by atoms with Crippen LogP contribution in [0.3, 0.4) is 0 Å². The van der Waals surface area contributed by atoms with Crippen molar-refractivity contribution in [2.45, 2.75) is 20.3 Å². The number of carbonyl (C=O) groups is 1. The lowest BCUT2D eigenvalue weighted by atomic mass is 10.2. The van der Waals surface area contributed by atoms with Crippen LogP contribution in [0.4, 0.5) is 0 Å². The van der Waals surface area contributed by atoms with E-state index in [-0.39, 0.29) is 0 Å². The number of rotatable bonds is 2. The molecule has 0 aromatic heterocycles. The highest BCUT2D eigenvalue weighted by Crippen LogP contribution is 1.97. The van der Waals surface area contributed by atoms with Crippen LogP contribution in [0, 0.1) is 0 Å². The normalized spacial score (nSPS) is 11.5. The van der Waals surface area contributed by atoms with Crippen molar-refractivity contribution in [3.8, 4) is 0 Å². The molecule has 0 rings (SSSR count). The molecule has 0 bridgehead atoms. The van der Waals surface area contributed by atoms with Crippen molar-refractivity contribution >= 4 is 5.97 Å². The van der Waals surface area contributed by atoms with Crippen LogP contribution in [0.15, 0.2) is 11.6 Å². The molecule has 0 unspecified atom stereocenters. The zero-order valence-corrected chi connectivity index (χ0v) is 5.14. The van der Waals surface area contributed by atoms with E-state index in [4.69, 9.17) is 5.11 Å². The van der Waals surface area contributed by atoms with Gasteiger partial charge in [0, 0.05) is 5.57 Å². The maximum Gasteiger partial charge on any atom is 0.331 e. The summed E-state index contributed by atoms with van der Waals surface area (Å²) in [6.45, 7) is 3.55. The lowest BCUT2D eigenvalue weighted by molar-refractivity contribution is -0.132. The monoisotopic (exact) mass is 114 g/mol. The molecule has 2 heteroatoms. The van der Waals surface area contributed by atoms with Crippen molar-refractivity contribution in [2.24, 2.45) is 0 Å². The van der Waals surface area contributed by atoms with E-state index in [1.54, 1.807) is 13.0 Å². The van der Waals surface area contributed by atoms with Gasteiger partial charge in [-0.05, 0) is 13.3 Å². The Kier molecular flexibility index (Phi) is 2.92. The van der Waals surface area contributed by atoms with Gasteiger partial charge in [0.15, 0.2) is 0 Å². The third-order valence-electron chi connectivity index (χ3n) is 1.00. The van der Waals surface area contributed by atoms with E-state index in [9.17, 15) is 4.79 Å². The number of aliphatic carboxylic acids is 1. The number of allylic oxidation sites excluding steroid dienone is 1. The van der Waals surface area contributed by atoms with Crippen molar-refractivity contribution < 1.29 is 9.90 Å². The molecule has 0 aromatic carbocycles. The van der Waals surface area contributed by atoms with Gasteiger partial charge in [-0.25, -0.2) is 4.79 Å². The van der Waals surface area contributed by atoms with Gasteiger partial charge in [-0.15, -0.1) is 0 Å². The van der Waals surface area contributed by atoms with Gasteiger partial charge in [-0.1, -0.05) is 13.0 Å². The molecule has 8 heavy (non-hydrogen) atoms. The molecule has 46 valence electrons. The van der Waals surface area contributed by atoms with Crippen molar-refractivity contribution in [1.29, 1.82) is 0 Å². The molecule has 0 radical (unpaired) electrons. The Balaban J connectivity index is 3.92. The predicted octanol–water partition coefficient (Wildman–Crippen LogP) is 1.43. The van der Waals surface area contributed by atoms with Gasteiger partial charge in [0.1, 0.15) is 0 Å². The SMILES string of the molecule is C/C=C(/CC)C(=O)O. The minimum atomic E-state index is -0.810. The quantitative estimate of drug-likeness (QED) is 0.551. The number of carboxylic acid groups (broad SMARTS) is 1. The van der Waals surface area contributed by atoms with Crippen LogP contribution in [-0.4, -0.2) is 11.1 Å². The Morgan fingerprint density at radius 1 is 1.75 bits per heavy atom. The van der Waals surface area contributed by atoms with Crippen molar-refractivity contribution in [3.05, 3.63) is 11.6 Å². The van der Waals surface area contributed by atoms with Crippen molar-refractivity contribution in [1.82, 2.24) is 0 Å². The summed E-state index contributed by atoms with van der Waals surface area (Å²) in [6.07, 6.45) is 2.22. The summed E-state index contributed by atoms with van der Waals surface area (Å²) < 4.78 is 0. The molecule has 0 saturated carbocycles. The van der Waals surface area contributed by atoms with Gasteiger partial charge in [-0.3, -0.25) is 0 Å². The Morgan fingerprint density at radius 3 is 2.25 bits per heavy atom. The summed E-state index contributed by atoms with van der Waals surface area (Å²) in [4.78, 5) is 10.1. The zero-order chi connectivity index (χ0) is 6.57. The molecule has 0 saturated heterocycles. The Morgan fingerprint density at radius 2 is 2.25 bits per heavy atom. The average molecular weight is 114 g/mol. The summed E-state index contributed by atoms with van der Waals surface area (Å²) in [5.41, 5.74) is 0.477. The van der Waals surface area contributed by atoms with Gasteiger partial charge in [0.25, 0.3) is 0 Å². The Hall–Kier alpha value is -0.790. The highest BCUT2D eigenvalue weighted by molar-refractivity contribution is 5.86. The van der Waals surface area contributed by atoms with E-state index < -0.39 is 5.97 Å². The lowest BCUT2D eigenvalue weighted by Gasteiger charge is -1.91. The van der Waals surface area contributed by atoms with Crippen molar-refractivity contribution in [3.63, 3.8) is 0 Å². The molecule has 2 nitrogen and oxygen atoms in total. The summed E-state index contributed by atoms with van der Waals surface area (Å²) in [5, 5.41) is 8.30. The molecule has 0 amide bonds. The average Bonchev–Trinajstić information content (AvgIpc) is 1.69. The third-order valence-corrected chi connectivity index (χ3v) is 1.00. The fourth-order valence-electron chi connectivity index (χ4n) is 0.479. The van der Waals surface area contributed by atoms with Crippen LogP contribution in [0.25, 0.3) is 0 Å². The minimum Gasteiger partial charge on any atom is -0.478 e. The van der Waals surface area contributed by atoms with Gasteiger partial charge in [0.05, 0.1) is 0 Å². The van der Waals surface area contributed by atoms with Crippen LogP contribution in [0.5, 0.6) is 0 Å². The van der Waals surface area contributed by atoms with Gasteiger partial charge in [-0.2, -0.15) is 0 Å². The van der Waals surface area contributed by atoms with Crippen LogP contribution in [-0.2, 0) is 4.79 Å². The summed E-state index contributed by atoms with van der Waals surface area (Å²) in [5.74, 6) is -0.810. The Labute approximate surface area is 48.8 Å². The molecule has 1 N–H and O–H groups in total. The fourth-order valence-corrected chi connectivity index (χ4v) is 0.479. The van der Waals surface area contributed by atoms with Crippen molar-refractivity contribution in [2.75, 3.05) is 0 Å². The van der Waals surface area contributed by atoms with Crippen LogP contribution < -0.4 is 0 Å². The number of hydrogen-bond donors (Lipinski definition) is 1. The second-order valence-corrected chi connectivity index (χ2v) is 1.47. The molecule has 0 fully saturated rings. The minimum absolute atomic E-state index is 0.477. The van der Waals surface area contributed by atoms with E-state index >= 15 is 0 Å². The topological polar surface area (TPSA) is 37.3 Å². The number of hydrogen-bond acceptors (Lipinski definition) is 1. The molecular formula is C6H10O2. The number of carboxylic acids is 1. The molecule has 0 spiro atoms. The van der Waals surface area contributed by atoms with Crippen LogP contribution >= 0.6 is 0 Å². The summed E-state index contributed by atoms with van der Waals surface area (Å²) in [7, 11) is 0. The second kappa shape index (κ2) is 3.24. The molecule has 0 heterocycles. The molecule has 0 aromatic rings. The van der Waals surface area contributed by atoms with Crippen LogP contribution in [0.1, 0.15) is 20.3 Å². The van der Waals surface area contributed by atoms with Gasteiger partial charge < -0.3 is 5.11 Å². The van der Waals surface area contributed by atoms with E-state index in [2.05, 4.69) is 0 Å². The maximum atomic E-state index is 10.1. The third kappa shape index (κ3) is 1.78. The molecule has 0 atom stereocenters. The first kappa shape index (κ1) is 7.21. The first-order valence-electron chi connectivity index (χ1n) is 2.60. The molecule has 0 aliphatic carbocycles. The summed E-state index contributed by atoms with van der Waals surface area (Å²) >= 11 is 0. The van der Waals surface area contributed by atoms with Gasteiger partial charge in [0.2, 0.25) is 0 Å². The van der Waals surface area contributed by atoms with Gasteiger partial charge >= 0.3 is 5.97 Å². The highest BCUT2D eigenvalue weighted by atomic mass is 16.4. The first-order valence-corrected chi connectivity index (χ1v) is 2.60. The Bertz CT molecular complexity index is 114. The smallest absolute Gasteiger partial charge is 0.331 e. The second-order valence-electron chi connectivity index (χ2n) is 1.47. The maximum absolute atomic E-state index is 10.1. The predicted molar refractivity (Wildman–Crippen MR) is 31.7 cm³/mol. The van der Waals surface area contributed by atoms with E-state index in [0.29, 0.717) is 12.0 Å². The standard InChI is InChI=1S/C6H10O2/c1-3-5(4-2)6(7)8/h3H,4H2,1-2H3,(H,7,8)/b5-3-. The zero-order valence-electron chi connectivity index (χ0n) is 5.14. The highest BCUT2D eigenvalue weighted by Gasteiger charge is 1.99. The van der Waals surface area contributed by atoms with Crippen LogP contribution in [0.2, 0.25) is 0 Å². The first-order chi connectivity index (χ1) is 3.72. The van der Waals surface area contributed by atoms with E-state index in [1.165, 1.54) is 0 Å². The molecular weight excluding hydrogens is 104 g/mol. The largest absolute Gasteiger partial charge is 0.478 e. The lowest BCUT2D eigenvalue weighted by Crippen LogP contribution is -1.97. The summed E-state index contributed by atoms with van der Waals surface area (Å²) in [6, 6.07) is 0. The molecule has 0 aliphatic heterocycles. The van der Waals surface area contributed by atoms with E-state index in [0.717, 1.165) is 0 Å². The van der Waals surface area contributed by atoms with E-state index in [1.807, 2.05) is 6.92 Å². The fraction of sp³-hybridized carbons (Fsp3) is 0.500. The molecule has 0 aliphatic rings.